The molecule has 17 heavy (non-hydrogen) atoms. The molecule has 0 spiro atoms. The molecule has 0 aromatic heterocycles. The lowest BCUT2D eigenvalue weighted by Crippen LogP contribution is -2.36. The maximum absolute atomic E-state index is 11.9. The number of amides is 1. The second-order valence-corrected chi connectivity index (χ2v) is 6.70. The summed E-state index contributed by atoms with van der Waals surface area (Å²) in [5, 5.41) is 5.21. The van der Waals surface area contributed by atoms with Gasteiger partial charge in [-0.3, -0.25) is 13.8 Å². The van der Waals surface area contributed by atoms with E-state index >= 15 is 0 Å². The van der Waals surface area contributed by atoms with Crippen LogP contribution in [-0.2, 0) is 18.4 Å². The van der Waals surface area contributed by atoms with Gasteiger partial charge < -0.3 is 5.32 Å². The Morgan fingerprint density at radius 3 is 2.47 bits per heavy atom. The highest BCUT2D eigenvalue weighted by atomic mass is 35.5. The van der Waals surface area contributed by atoms with Crippen molar-refractivity contribution in [1.29, 1.82) is 0 Å². The molecule has 6 nitrogen and oxygen atoms in total. The molecular formula is C9H18ClN2O4P. The first kappa shape index (κ1) is 14.9. The normalized spacial score (nSPS) is 22.1. The molecule has 1 rings (SSSR count). The van der Waals surface area contributed by atoms with E-state index in [1.807, 2.05) is 13.8 Å². The summed E-state index contributed by atoms with van der Waals surface area (Å²) < 4.78 is 22.3. The Hall–Kier alpha value is -0.130. The molecule has 0 bridgehead atoms. The fourth-order valence-electron chi connectivity index (χ4n) is 1.13. The molecule has 1 aliphatic heterocycles. The van der Waals surface area contributed by atoms with Crippen molar-refractivity contribution in [2.75, 3.05) is 32.2 Å². The molecule has 0 saturated carbocycles. The molecule has 1 fully saturated rings. The van der Waals surface area contributed by atoms with Crippen molar-refractivity contribution in [3.05, 3.63) is 0 Å². The zero-order valence-electron chi connectivity index (χ0n) is 9.99. The van der Waals surface area contributed by atoms with Gasteiger partial charge in [0, 0.05) is 18.5 Å². The van der Waals surface area contributed by atoms with Crippen LogP contribution >= 0.6 is 19.3 Å². The molecule has 2 N–H and O–H groups in total. The zero-order chi connectivity index (χ0) is 12.9. The fraction of sp³-hybridized carbons (Fsp3) is 0.889. The lowest BCUT2D eigenvalue weighted by atomic mass is 9.97. The highest BCUT2D eigenvalue weighted by Gasteiger charge is 2.36. The third kappa shape index (κ3) is 5.36. The average molecular weight is 285 g/mol. The summed E-state index contributed by atoms with van der Waals surface area (Å²) in [7, 11) is -3.20. The minimum Gasteiger partial charge on any atom is -0.354 e. The quantitative estimate of drug-likeness (QED) is 0.449. The van der Waals surface area contributed by atoms with Crippen LogP contribution in [0.25, 0.3) is 0 Å². The molecule has 0 atom stereocenters. The van der Waals surface area contributed by atoms with Crippen LogP contribution in [-0.4, -0.2) is 38.1 Å². The van der Waals surface area contributed by atoms with Gasteiger partial charge in [0.25, 0.3) is 0 Å². The second kappa shape index (κ2) is 6.16. The fourth-order valence-corrected chi connectivity index (χ4v) is 2.91. The highest BCUT2D eigenvalue weighted by molar-refractivity contribution is 7.51. The summed E-state index contributed by atoms with van der Waals surface area (Å²) in [6.07, 6.45) is 0. The van der Waals surface area contributed by atoms with E-state index in [0.717, 1.165) is 0 Å². The van der Waals surface area contributed by atoms with Crippen molar-refractivity contribution in [2.45, 2.75) is 13.8 Å². The number of carbonyl (C=O) groups excluding carboxylic acids is 1. The third-order valence-corrected chi connectivity index (χ3v) is 3.92. The Balaban J connectivity index is 2.23. The SMILES string of the molecule is CC1(C)COP(=O)(NCCNC(=O)CCl)OC1. The van der Waals surface area contributed by atoms with E-state index in [1.165, 1.54) is 0 Å². The van der Waals surface area contributed by atoms with Crippen LogP contribution in [0, 0.1) is 5.41 Å². The van der Waals surface area contributed by atoms with Crippen molar-refractivity contribution >= 4 is 25.3 Å². The summed E-state index contributed by atoms with van der Waals surface area (Å²) in [5.41, 5.74) is -0.123. The van der Waals surface area contributed by atoms with Crippen molar-refractivity contribution in [2.24, 2.45) is 5.41 Å². The number of hydrogen-bond donors (Lipinski definition) is 2. The summed E-state index contributed by atoms with van der Waals surface area (Å²) >= 11 is 5.30. The number of carbonyl (C=O) groups is 1. The van der Waals surface area contributed by atoms with Crippen LogP contribution in [0.1, 0.15) is 13.8 Å². The van der Waals surface area contributed by atoms with Crippen molar-refractivity contribution in [3.63, 3.8) is 0 Å². The first-order valence-electron chi connectivity index (χ1n) is 5.34. The van der Waals surface area contributed by atoms with E-state index in [4.69, 9.17) is 20.6 Å². The van der Waals surface area contributed by atoms with Gasteiger partial charge in [-0.2, -0.15) is 0 Å². The van der Waals surface area contributed by atoms with Crippen molar-refractivity contribution in [3.8, 4) is 0 Å². The average Bonchev–Trinajstić information content (AvgIpc) is 2.29. The third-order valence-electron chi connectivity index (χ3n) is 2.12. The van der Waals surface area contributed by atoms with E-state index < -0.39 is 7.75 Å². The molecule has 1 amide bonds. The summed E-state index contributed by atoms with van der Waals surface area (Å²) in [6.45, 7) is 5.33. The Kier molecular flexibility index (Phi) is 5.41. The Bertz CT molecular complexity index is 310. The lowest BCUT2D eigenvalue weighted by Gasteiger charge is -2.33. The predicted molar refractivity (Wildman–Crippen MR) is 65.0 cm³/mol. The van der Waals surface area contributed by atoms with E-state index in [0.29, 0.717) is 26.3 Å². The number of alkyl halides is 1. The summed E-state index contributed by atoms with van der Waals surface area (Å²) in [5.74, 6) is -0.350. The number of hydrogen-bond acceptors (Lipinski definition) is 4. The van der Waals surface area contributed by atoms with Crippen LogP contribution in [0.3, 0.4) is 0 Å². The molecule has 0 unspecified atom stereocenters. The van der Waals surface area contributed by atoms with Crippen LogP contribution < -0.4 is 10.4 Å². The molecule has 1 heterocycles. The highest BCUT2D eigenvalue weighted by Crippen LogP contribution is 2.49. The van der Waals surface area contributed by atoms with Gasteiger partial charge in [0.15, 0.2) is 0 Å². The summed E-state index contributed by atoms with van der Waals surface area (Å²) in [4.78, 5) is 10.8. The van der Waals surface area contributed by atoms with Gasteiger partial charge in [-0.25, -0.2) is 9.65 Å². The molecule has 0 aromatic rings. The van der Waals surface area contributed by atoms with Gasteiger partial charge in [-0.1, -0.05) is 13.8 Å². The number of nitrogens with one attached hydrogen (secondary N) is 2. The van der Waals surface area contributed by atoms with Gasteiger partial charge in [0.2, 0.25) is 5.91 Å². The van der Waals surface area contributed by atoms with Crippen molar-refractivity contribution < 1.29 is 18.4 Å². The molecular weight excluding hydrogens is 267 g/mol. The van der Waals surface area contributed by atoms with Crippen LogP contribution in [0.5, 0.6) is 0 Å². The Labute approximate surface area is 106 Å². The first-order chi connectivity index (χ1) is 7.87. The smallest absolute Gasteiger partial charge is 0.354 e. The van der Waals surface area contributed by atoms with Crippen LogP contribution in [0.4, 0.5) is 0 Å². The molecule has 1 saturated heterocycles. The molecule has 8 heteroatoms. The van der Waals surface area contributed by atoms with Crippen LogP contribution in [0.2, 0.25) is 0 Å². The van der Waals surface area contributed by atoms with Gasteiger partial charge in [0.1, 0.15) is 5.88 Å². The van der Waals surface area contributed by atoms with E-state index in [2.05, 4.69) is 10.4 Å². The van der Waals surface area contributed by atoms with E-state index in [1.54, 1.807) is 0 Å². The maximum atomic E-state index is 11.9. The maximum Gasteiger partial charge on any atom is 0.405 e. The Morgan fingerprint density at radius 1 is 1.35 bits per heavy atom. The number of rotatable bonds is 5. The Morgan fingerprint density at radius 2 is 1.94 bits per heavy atom. The second-order valence-electron chi connectivity index (χ2n) is 4.60. The standard InChI is InChI=1S/C9H18ClN2O4P/c1-9(2)6-15-17(14,16-7-9)12-4-3-11-8(13)5-10/h3-7H2,1-2H3,(H,11,13)(H,12,14). The molecule has 0 aromatic carbocycles. The van der Waals surface area contributed by atoms with Gasteiger partial charge >= 0.3 is 7.75 Å². The number of halogens is 1. The van der Waals surface area contributed by atoms with Gasteiger partial charge in [-0.05, 0) is 0 Å². The molecule has 0 aliphatic carbocycles. The summed E-state index contributed by atoms with van der Waals surface area (Å²) in [6, 6.07) is 0. The van der Waals surface area contributed by atoms with Crippen LogP contribution in [0.15, 0.2) is 0 Å². The topological polar surface area (TPSA) is 76.7 Å². The van der Waals surface area contributed by atoms with Gasteiger partial charge in [-0.15, -0.1) is 11.6 Å². The lowest BCUT2D eigenvalue weighted by molar-refractivity contribution is -0.118. The van der Waals surface area contributed by atoms with Gasteiger partial charge in [0.05, 0.1) is 13.2 Å². The zero-order valence-corrected chi connectivity index (χ0v) is 11.6. The van der Waals surface area contributed by atoms with E-state index in [9.17, 15) is 9.36 Å². The molecule has 100 valence electrons. The van der Waals surface area contributed by atoms with E-state index in [-0.39, 0.29) is 17.2 Å². The minimum absolute atomic E-state index is 0.0845. The largest absolute Gasteiger partial charge is 0.405 e. The molecule has 0 radical (unpaired) electrons. The minimum atomic E-state index is -3.20. The first-order valence-corrected chi connectivity index (χ1v) is 7.42. The monoisotopic (exact) mass is 284 g/mol. The van der Waals surface area contributed by atoms with Crippen molar-refractivity contribution in [1.82, 2.24) is 10.4 Å². The predicted octanol–water partition coefficient (Wildman–Crippen LogP) is 1.11. The molecule has 1 aliphatic rings.